The maximum Gasteiger partial charge on any atom is 0.334 e. The van der Waals surface area contributed by atoms with Crippen molar-refractivity contribution in [2.75, 3.05) is 19.0 Å². The first-order valence-electron chi connectivity index (χ1n) is 4.61. The number of carbonyl (C=O) groups is 1. The van der Waals surface area contributed by atoms with Gasteiger partial charge in [-0.05, 0) is 15.9 Å². The Kier molecular flexibility index (Phi) is 5.13. The summed E-state index contributed by atoms with van der Waals surface area (Å²) in [5.74, 6) is -0.196. The van der Waals surface area contributed by atoms with Crippen molar-refractivity contribution in [2.45, 2.75) is 12.5 Å². The summed E-state index contributed by atoms with van der Waals surface area (Å²) in [6.07, 6.45) is 2.33. The van der Waals surface area contributed by atoms with Crippen LogP contribution >= 0.6 is 15.9 Å². The molecule has 0 bridgehead atoms. The molecule has 16 heavy (non-hydrogen) atoms. The first-order chi connectivity index (χ1) is 7.63. The molecule has 1 aromatic rings. The first-order valence-corrected chi connectivity index (χ1v) is 5.40. The Hall–Kier alpha value is -1.21. The van der Waals surface area contributed by atoms with E-state index in [2.05, 4.69) is 36.0 Å². The van der Waals surface area contributed by atoms with E-state index in [-0.39, 0.29) is 6.42 Å². The minimum atomic E-state index is -1.12. The number of carbonyl (C=O) groups excluding carboxylic acids is 1. The molecule has 0 aromatic carbocycles. The Morgan fingerprint density at radius 1 is 1.62 bits per heavy atom. The summed E-state index contributed by atoms with van der Waals surface area (Å²) >= 11 is 3.21. The van der Waals surface area contributed by atoms with Crippen molar-refractivity contribution in [3.05, 3.63) is 16.9 Å². The lowest BCUT2D eigenvalue weighted by molar-refractivity contribution is -0.150. The van der Waals surface area contributed by atoms with Crippen LogP contribution in [0, 0.1) is 0 Å². The molecular weight excluding hydrogens is 278 g/mol. The number of esters is 1. The number of methoxy groups -OCH3 is 1. The number of rotatable bonds is 5. The highest BCUT2D eigenvalue weighted by atomic mass is 79.9. The molecule has 0 aliphatic heterocycles. The fourth-order valence-corrected chi connectivity index (χ4v) is 1.18. The second-order valence-electron chi connectivity index (χ2n) is 2.98. The van der Waals surface area contributed by atoms with Crippen molar-refractivity contribution in [1.29, 1.82) is 0 Å². The lowest BCUT2D eigenvalue weighted by atomic mass is 10.2. The zero-order valence-electron chi connectivity index (χ0n) is 8.68. The van der Waals surface area contributed by atoms with Crippen LogP contribution in [0.15, 0.2) is 16.9 Å². The highest BCUT2D eigenvalue weighted by molar-refractivity contribution is 9.10. The number of nitrogens with zero attached hydrogens (tertiary/aromatic N) is 2. The van der Waals surface area contributed by atoms with Crippen LogP contribution < -0.4 is 5.32 Å². The van der Waals surface area contributed by atoms with E-state index in [1.54, 1.807) is 12.4 Å². The molecule has 1 heterocycles. The van der Waals surface area contributed by atoms with Gasteiger partial charge in [0.05, 0.1) is 11.6 Å². The number of aliphatic hydroxyl groups excluding tert-OH is 1. The third-order valence-electron chi connectivity index (χ3n) is 1.79. The molecule has 0 fully saturated rings. The van der Waals surface area contributed by atoms with Gasteiger partial charge in [-0.15, -0.1) is 0 Å². The van der Waals surface area contributed by atoms with E-state index in [0.29, 0.717) is 12.5 Å². The van der Waals surface area contributed by atoms with Gasteiger partial charge < -0.3 is 15.2 Å². The van der Waals surface area contributed by atoms with E-state index in [1.807, 2.05) is 0 Å². The van der Waals surface area contributed by atoms with Gasteiger partial charge in [-0.3, -0.25) is 0 Å². The molecule has 0 saturated carbocycles. The third-order valence-corrected chi connectivity index (χ3v) is 2.20. The van der Waals surface area contributed by atoms with Crippen molar-refractivity contribution in [2.24, 2.45) is 0 Å². The average molecular weight is 290 g/mol. The van der Waals surface area contributed by atoms with Crippen LogP contribution in [-0.2, 0) is 9.53 Å². The molecule has 0 spiro atoms. The molecule has 0 unspecified atom stereocenters. The van der Waals surface area contributed by atoms with Gasteiger partial charge in [-0.2, -0.15) is 0 Å². The molecule has 1 aromatic heterocycles. The van der Waals surface area contributed by atoms with Gasteiger partial charge in [0.15, 0.2) is 6.10 Å². The van der Waals surface area contributed by atoms with Gasteiger partial charge in [0.2, 0.25) is 5.95 Å². The fraction of sp³-hybridized carbons (Fsp3) is 0.444. The molecule has 7 heteroatoms. The van der Waals surface area contributed by atoms with E-state index in [1.165, 1.54) is 7.11 Å². The quantitative estimate of drug-likeness (QED) is 0.771. The SMILES string of the molecule is COC(=O)[C@@H](O)CCNc1ncc(Br)cn1. The lowest BCUT2D eigenvalue weighted by Gasteiger charge is -2.08. The molecule has 0 aliphatic rings. The second-order valence-corrected chi connectivity index (χ2v) is 3.89. The Morgan fingerprint density at radius 2 is 2.25 bits per heavy atom. The van der Waals surface area contributed by atoms with Crippen LogP contribution in [0.5, 0.6) is 0 Å². The van der Waals surface area contributed by atoms with Crippen LogP contribution in [0.3, 0.4) is 0 Å². The second kappa shape index (κ2) is 6.39. The molecular formula is C9H12BrN3O3. The predicted octanol–water partition coefficient (Wildman–Crippen LogP) is 0.575. The van der Waals surface area contributed by atoms with Crippen LogP contribution in [-0.4, -0.2) is 40.8 Å². The summed E-state index contributed by atoms with van der Waals surface area (Å²) in [6, 6.07) is 0. The summed E-state index contributed by atoms with van der Waals surface area (Å²) < 4.78 is 5.16. The monoisotopic (exact) mass is 289 g/mol. The molecule has 0 aliphatic carbocycles. The van der Waals surface area contributed by atoms with E-state index >= 15 is 0 Å². The predicted molar refractivity (Wildman–Crippen MR) is 60.9 cm³/mol. The number of anilines is 1. The van der Waals surface area contributed by atoms with E-state index in [0.717, 1.165) is 4.47 Å². The minimum Gasteiger partial charge on any atom is -0.467 e. The van der Waals surface area contributed by atoms with Gasteiger partial charge in [0.1, 0.15) is 0 Å². The van der Waals surface area contributed by atoms with Gasteiger partial charge in [-0.25, -0.2) is 14.8 Å². The summed E-state index contributed by atoms with van der Waals surface area (Å²) in [5.41, 5.74) is 0. The topological polar surface area (TPSA) is 84.3 Å². The van der Waals surface area contributed by atoms with Crippen molar-refractivity contribution in [3.63, 3.8) is 0 Å². The van der Waals surface area contributed by atoms with Crippen LogP contribution in [0.4, 0.5) is 5.95 Å². The zero-order valence-corrected chi connectivity index (χ0v) is 10.3. The fourth-order valence-electron chi connectivity index (χ4n) is 0.978. The molecule has 88 valence electrons. The number of aliphatic hydroxyl groups is 1. The van der Waals surface area contributed by atoms with Crippen molar-refractivity contribution in [1.82, 2.24) is 9.97 Å². The standard InChI is InChI=1S/C9H12BrN3O3/c1-16-8(15)7(14)2-3-11-9-12-4-6(10)5-13-9/h4-5,7,14H,2-3H2,1H3,(H,11,12,13)/t7-/m0/s1. The van der Waals surface area contributed by atoms with Crippen molar-refractivity contribution >= 4 is 27.8 Å². The summed E-state index contributed by atoms with van der Waals surface area (Å²) in [6.45, 7) is 0.387. The van der Waals surface area contributed by atoms with Crippen molar-refractivity contribution in [3.8, 4) is 0 Å². The molecule has 2 N–H and O–H groups in total. The third kappa shape index (κ3) is 4.11. The largest absolute Gasteiger partial charge is 0.467 e. The maximum atomic E-state index is 10.9. The normalized spacial score (nSPS) is 11.9. The zero-order chi connectivity index (χ0) is 12.0. The Labute approximate surface area is 101 Å². The Bertz CT molecular complexity index is 344. The Balaban J connectivity index is 2.30. The number of ether oxygens (including phenoxy) is 1. The minimum absolute atomic E-state index is 0.242. The summed E-state index contributed by atoms with van der Waals surface area (Å²) in [7, 11) is 1.23. The van der Waals surface area contributed by atoms with Gasteiger partial charge in [0, 0.05) is 25.4 Å². The van der Waals surface area contributed by atoms with Crippen LogP contribution in [0.2, 0.25) is 0 Å². The van der Waals surface area contributed by atoms with E-state index in [4.69, 9.17) is 0 Å². The molecule has 0 saturated heterocycles. The lowest BCUT2D eigenvalue weighted by Crippen LogP contribution is -2.24. The smallest absolute Gasteiger partial charge is 0.334 e. The highest BCUT2D eigenvalue weighted by Gasteiger charge is 2.14. The molecule has 6 nitrogen and oxygen atoms in total. The van der Waals surface area contributed by atoms with Crippen LogP contribution in [0.1, 0.15) is 6.42 Å². The Morgan fingerprint density at radius 3 is 2.81 bits per heavy atom. The molecule has 0 amide bonds. The number of nitrogens with one attached hydrogen (secondary N) is 1. The molecule has 1 rings (SSSR count). The van der Waals surface area contributed by atoms with E-state index < -0.39 is 12.1 Å². The summed E-state index contributed by atoms with van der Waals surface area (Å²) in [5, 5.41) is 12.1. The molecule has 0 radical (unpaired) electrons. The van der Waals surface area contributed by atoms with Crippen LogP contribution in [0.25, 0.3) is 0 Å². The van der Waals surface area contributed by atoms with Gasteiger partial charge >= 0.3 is 5.97 Å². The number of hydrogen-bond donors (Lipinski definition) is 2. The number of aromatic nitrogens is 2. The maximum absolute atomic E-state index is 10.9. The average Bonchev–Trinajstić information content (AvgIpc) is 2.30. The highest BCUT2D eigenvalue weighted by Crippen LogP contribution is 2.06. The number of hydrogen-bond acceptors (Lipinski definition) is 6. The summed E-state index contributed by atoms with van der Waals surface area (Å²) in [4.78, 5) is 18.8. The van der Waals surface area contributed by atoms with Crippen molar-refractivity contribution < 1.29 is 14.6 Å². The first kappa shape index (κ1) is 12.9. The molecule has 1 atom stereocenters. The van der Waals surface area contributed by atoms with Gasteiger partial charge in [-0.1, -0.05) is 0 Å². The van der Waals surface area contributed by atoms with Gasteiger partial charge in [0.25, 0.3) is 0 Å². The van der Waals surface area contributed by atoms with E-state index in [9.17, 15) is 9.90 Å². The number of halogens is 1.